The van der Waals surface area contributed by atoms with Crippen molar-refractivity contribution in [3.05, 3.63) is 0 Å². The first-order chi connectivity index (χ1) is 7.12. The SMILES string of the molecule is CCC.C[CH2][Al]([CH2]C)[N](C)[Al]([CH2]C)[CH2]C. The summed E-state index contributed by atoms with van der Waals surface area (Å²) in [5, 5.41) is 5.82. The quantitative estimate of drug-likeness (QED) is 0.625. The van der Waals surface area contributed by atoms with E-state index < -0.39 is 28.7 Å². The molecule has 0 aromatic heterocycles. The number of hydrogen-bond donors (Lipinski definition) is 0. The van der Waals surface area contributed by atoms with E-state index in [2.05, 4.69) is 51.5 Å². The first-order valence-corrected chi connectivity index (χ1v) is 11.1. The number of rotatable bonds is 6. The van der Waals surface area contributed by atoms with E-state index in [1.807, 2.05) is 0 Å². The summed E-state index contributed by atoms with van der Waals surface area (Å²) in [6, 6.07) is 0. The van der Waals surface area contributed by atoms with Crippen molar-refractivity contribution in [1.82, 2.24) is 2.87 Å². The zero-order chi connectivity index (χ0) is 12.3. The van der Waals surface area contributed by atoms with Crippen molar-refractivity contribution in [1.29, 1.82) is 0 Å². The Morgan fingerprint density at radius 3 is 1.00 bits per heavy atom. The van der Waals surface area contributed by atoms with Crippen LogP contribution in [0, 0.1) is 0 Å². The van der Waals surface area contributed by atoms with E-state index in [9.17, 15) is 0 Å². The van der Waals surface area contributed by atoms with Crippen LogP contribution in [0.15, 0.2) is 0 Å². The highest BCUT2D eigenvalue weighted by Crippen LogP contribution is 2.10. The molecular formula is C12H31Al2N. The van der Waals surface area contributed by atoms with Gasteiger partial charge < -0.3 is 2.87 Å². The first-order valence-electron chi connectivity index (χ1n) is 6.84. The molecule has 3 heteroatoms. The minimum atomic E-state index is -0.484. The lowest BCUT2D eigenvalue weighted by Gasteiger charge is -2.28. The summed E-state index contributed by atoms with van der Waals surface area (Å²) < 4.78 is 2.83. The third-order valence-electron chi connectivity index (χ3n) is 3.04. The van der Waals surface area contributed by atoms with Gasteiger partial charge in [0.05, 0.1) is 0 Å². The van der Waals surface area contributed by atoms with Crippen molar-refractivity contribution in [2.24, 2.45) is 0 Å². The zero-order valence-electron chi connectivity index (χ0n) is 12.1. The van der Waals surface area contributed by atoms with E-state index >= 15 is 0 Å². The normalized spacial score (nSPS) is 9.60. The molecule has 0 N–H and O–H groups in total. The second kappa shape index (κ2) is 13.1. The topological polar surface area (TPSA) is 3.24 Å². The summed E-state index contributed by atoms with van der Waals surface area (Å²) in [6.45, 7) is 13.7. The van der Waals surface area contributed by atoms with Crippen molar-refractivity contribution in [2.45, 2.75) is 69.1 Å². The van der Waals surface area contributed by atoms with Gasteiger partial charge in [-0.3, -0.25) is 0 Å². The largest absolute Gasteiger partial charge is 0.473 e. The molecule has 0 aliphatic rings. The van der Waals surface area contributed by atoms with E-state index in [0.717, 1.165) is 0 Å². The summed E-state index contributed by atoms with van der Waals surface area (Å²) >= 11 is -0.969. The summed E-state index contributed by atoms with van der Waals surface area (Å²) in [6.07, 6.45) is 1.25. The van der Waals surface area contributed by atoms with E-state index in [1.54, 1.807) is 0 Å². The summed E-state index contributed by atoms with van der Waals surface area (Å²) in [4.78, 5) is 0. The Bertz CT molecular complexity index is 100. The van der Waals surface area contributed by atoms with Gasteiger partial charge in [-0.2, -0.15) is 0 Å². The lowest BCUT2D eigenvalue weighted by molar-refractivity contribution is 0.767. The van der Waals surface area contributed by atoms with Crippen LogP contribution in [0.25, 0.3) is 0 Å². The van der Waals surface area contributed by atoms with Gasteiger partial charge in [-0.1, -0.05) is 76.1 Å². The maximum atomic E-state index is 2.83. The molecule has 0 bridgehead atoms. The molecule has 0 saturated carbocycles. The van der Waals surface area contributed by atoms with E-state index in [0.29, 0.717) is 0 Å². The van der Waals surface area contributed by atoms with Gasteiger partial charge in [-0.25, -0.2) is 0 Å². The van der Waals surface area contributed by atoms with Gasteiger partial charge in [0.1, 0.15) is 0 Å². The van der Waals surface area contributed by atoms with Crippen LogP contribution in [0.1, 0.15) is 48.0 Å². The van der Waals surface area contributed by atoms with Crippen LogP contribution in [-0.4, -0.2) is 38.7 Å². The second-order valence-corrected chi connectivity index (χ2v) is 12.4. The Balaban J connectivity index is 0. The van der Waals surface area contributed by atoms with Crippen molar-refractivity contribution < 1.29 is 0 Å². The molecule has 0 aliphatic heterocycles. The molecule has 0 amide bonds. The predicted octanol–water partition coefficient (Wildman–Crippen LogP) is 4.40. The number of hydrogen-bond acceptors (Lipinski definition) is 1. The van der Waals surface area contributed by atoms with Crippen LogP contribution in [0.3, 0.4) is 0 Å². The molecular weight excluding hydrogens is 212 g/mol. The molecule has 0 saturated heterocycles. The molecule has 0 radical (unpaired) electrons. The molecule has 90 valence electrons. The smallest absolute Gasteiger partial charge is 0.349 e. The van der Waals surface area contributed by atoms with Gasteiger partial charge in [-0.05, 0) is 0 Å². The van der Waals surface area contributed by atoms with Gasteiger partial charge in [0.25, 0.3) is 0 Å². The average Bonchev–Trinajstić information content (AvgIpc) is 2.22. The molecule has 0 fully saturated rings. The average molecular weight is 243 g/mol. The highest BCUT2D eigenvalue weighted by atomic mass is 27.3. The molecule has 15 heavy (non-hydrogen) atoms. The molecule has 0 rings (SSSR count). The van der Waals surface area contributed by atoms with Gasteiger partial charge >= 0.3 is 28.7 Å². The van der Waals surface area contributed by atoms with Crippen molar-refractivity contribution >= 4 is 28.7 Å². The van der Waals surface area contributed by atoms with Crippen LogP contribution >= 0.6 is 0 Å². The third kappa shape index (κ3) is 8.79. The molecule has 0 aromatic rings. The monoisotopic (exact) mass is 243 g/mol. The molecule has 0 aliphatic carbocycles. The van der Waals surface area contributed by atoms with Gasteiger partial charge in [0.2, 0.25) is 0 Å². The van der Waals surface area contributed by atoms with E-state index in [4.69, 9.17) is 0 Å². The summed E-state index contributed by atoms with van der Waals surface area (Å²) in [5.41, 5.74) is 0. The van der Waals surface area contributed by atoms with Crippen LogP contribution in [0.2, 0.25) is 21.1 Å². The fraction of sp³-hybridized carbons (Fsp3) is 1.00. The lowest BCUT2D eigenvalue weighted by Crippen LogP contribution is -2.45. The Morgan fingerprint density at radius 1 is 0.667 bits per heavy atom. The zero-order valence-corrected chi connectivity index (χ0v) is 14.4. The lowest BCUT2D eigenvalue weighted by atomic mass is 10.6. The minimum Gasteiger partial charge on any atom is -0.473 e. The predicted molar refractivity (Wildman–Crippen MR) is 77.2 cm³/mol. The maximum absolute atomic E-state index is 2.83. The van der Waals surface area contributed by atoms with E-state index in [-0.39, 0.29) is 0 Å². The fourth-order valence-corrected chi connectivity index (χ4v) is 10.4. The van der Waals surface area contributed by atoms with Crippen molar-refractivity contribution in [2.75, 3.05) is 7.05 Å². The Kier molecular flexibility index (Phi) is 16.1. The third-order valence-corrected chi connectivity index (χ3v) is 11.6. The second-order valence-electron chi connectivity index (χ2n) is 4.31. The molecule has 0 aromatic carbocycles. The highest BCUT2D eigenvalue weighted by Gasteiger charge is 2.27. The van der Waals surface area contributed by atoms with Crippen LogP contribution < -0.4 is 0 Å². The van der Waals surface area contributed by atoms with Gasteiger partial charge in [0.15, 0.2) is 0 Å². The van der Waals surface area contributed by atoms with Gasteiger partial charge in [0, 0.05) is 0 Å². The maximum Gasteiger partial charge on any atom is 0.349 e. The number of nitrogens with zero attached hydrogens (tertiary/aromatic N) is 1. The van der Waals surface area contributed by atoms with Crippen molar-refractivity contribution in [3.63, 3.8) is 0 Å². The van der Waals surface area contributed by atoms with Crippen LogP contribution in [0.4, 0.5) is 0 Å². The molecule has 0 heterocycles. The standard InChI is InChI=1S/C3H8.4C2H5.CH3N.2Al/c1-3-2;5*1-2;;/h3H2,1-2H3;4*1H2,2H3;1H3;;. The van der Waals surface area contributed by atoms with Gasteiger partial charge in [-0.15, -0.1) is 0 Å². The Labute approximate surface area is 107 Å². The van der Waals surface area contributed by atoms with E-state index in [1.165, 1.54) is 27.6 Å². The highest BCUT2D eigenvalue weighted by molar-refractivity contribution is 6.72. The molecule has 0 atom stereocenters. The Morgan fingerprint density at radius 2 is 0.867 bits per heavy atom. The van der Waals surface area contributed by atoms with Crippen LogP contribution in [0.5, 0.6) is 0 Å². The first kappa shape index (κ1) is 18.4. The molecule has 0 spiro atoms. The summed E-state index contributed by atoms with van der Waals surface area (Å²) in [7, 11) is 2.40. The molecule has 1 nitrogen and oxygen atoms in total. The fourth-order valence-electron chi connectivity index (χ4n) is 2.03. The minimum absolute atomic E-state index is 0.484. The Hall–Kier alpha value is 1.02. The molecule has 0 unspecified atom stereocenters. The van der Waals surface area contributed by atoms with Crippen molar-refractivity contribution in [3.8, 4) is 0 Å². The summed E-state index contributed by atoms with van der Waals surface area (Å²) in [5.74, 6) is 0. The van der Waals surface area contributed by atoms with Crippen LogP contribution in [-0.2, 0) is 0 Å².